The topological polar surface area (TPSA) is 37.3 Å². The largest absolute Gasteiger partial charge is 0.478 e. The van der Waals surface area contributed by atoms with Crippen molar-refractivity contribution in [3.8, 4) is 0 Å². The summed E-state index contributed by atoms with van der Waals surface area (Å²) in [5.41, 5.74) is 4.02. The highest BCUT2D eigenvalue weighted by Gasteiger charge is 2.26. The van der Waals surface area contributed by atoms with Gasteiger partial charge < -0.3 is 5.11 Å². The minimum Gasteiger partial charge on any atom is -0.478 e. The molecule has 0 amide bonds. The predicted molar refractivity (Wildman–Crippen MR) is 93.2 cm³/mol. The first-order chi connectivity index (χ1) is 10.3. The predicted octanol–water partition coefficient (Wildman–Crippen LogP) is 5.91. The third-order valence-electron chi connectivity index (χ3n) is 4.28. The van der Waals surface area contributed by atoms with Crippen LogP contribution in [-0.4, -0.2) is 11.1 Å². The lowest BCUT2D eigenvalue weighted by atomic mass is 9.77. The fourth-order valence-electron chi connectivity index (χ4n) is 3.58. The lowest BCUT2D eigenvalue weighted by Crippen LogP contribution is -2.14. The van der Waals surface area contributed by atoms with E-state index in [0.717, 1.165) is 16.3 Å². The molecule has 0 aliphatic rings. The molecular weight excluding hydrogens is 272 g/mol. The van der Waals surface area contributed by atoms with Crippen LogP contribution in [0.4, 0.5) is 0 Å². The second-order valence-corrected chi connectivity index (χ2v) is 6.93. The van der Waals surface area contributed by atoms with Crippen LogP contribution in [0.3, 0.4) is 0 Å². The molecule has 2 nitrogen and oxygen atoms in total. The van der Waals surface area contributed by atoms with Crippen LogP contribution in [0.2, 0.25) is 0 Å². The summed E-state index contributed by atoms with van der Waals surface area (Å²) in [5.74, 6) is 0.0304. The van der Waals surface area contributed by atoms with Gasteiger partial charge in [0.15, 0.2) is 0 Å². The fourth-order valence-corrected chi connectivity index (χ4v) is 3.58. The van der Waals surface area contributed by atoms with Crippen molar-refractivity contribution in [2.45, 2.75) is 59.3 Å². The molecule has 0 aliphatic carbocycles. The van der Waals surface area contributed by atoms with Crippen molar-refractivity contribution in [2.24, 2.45) is 0 Å². The molecule has 1 N–H and O–H groups in total. The summed E-state index contributed by atoms with van der Waals surface area (Å²) >= 11 is 0. The van der Waals surface area contributed by atoms with Gasteiger partial charge in [-0.25, -0.2) is 4.79 Å². The zero-order valence-electron chi connectivity index (χ0n) is 14.4. The van der Waals surface area contributed by atoms with Crippen LogP contribution in [0.5, 0.6) is 0 Å². The third kappa shape index (κ3) is 2.63. The number of carboxylic acid groups (broad SMARTS) is 1. The van der Waals surface area contributed by atoms with Crippen LogP contribution >= 0.6 is 0 Å². The molecule has 2 rings (SSSR count). The molecule has 0 saturated heterocycles. The average molecular weight is 298 g/mol. The van der Waals surface area contributed by atoms with Gasteiger partial charge in [0.1, 0.15) is 0 Å². The summed E-state index contributed by atoms with van der Waals surface area (Å²) in [6.07, 6.45) is 0. The van der Waals surface area contributed by atoms with Crippen LogP contribution in [0.25, 0.3) is 10.8 Å². The summed E-state index contributed by atoms with van der Waals surface area (Å²) in [4.78, 5) is 12.0. The summed E-state index contributed by atoms with van der Waals surface area (Å²) in [7, 11) is 0. The van der Waals surface area contributed by atoms with E-state index >= 15 is 0 Å². The average Bonchev–Trinajstić information content (AvgIpc) is 2.43. The van der Waals surface area contributed by atoms with E-state index in [1.165, 1.54) is 11.1 Å². The monoisotopic (exact) mass is 298 g/mol. The highest BCUT2D eigenvalue weighted by Crippen LogP contribution is 2.41. The number of rotatable bonds is 4. The number of aromatic carboxylic acids is 1. The first kappa shape index (κ1) is 16.5. The first-order valence-corrected chi connectivity index (χ1v) is 8.09. The second kappa shape index (κ2) is 6.12. The molecule has 0 radical (unpaired) electrons. The minimum atomic E-state index is -0.822. The van der Waals surface area contributed by atoms with Gasteiger partial charge in [0.05, 0.1) is 5.56 Å². The lowest BCUT2D eigenvalue weighted by Gasteiger charge is -2.27. The number of benzene rings is 2. The Labute approximate surface area is 133 Å². The van der Waals surface area contributed by atoms with Crippen LogP contribution in [-0.2, 0) is 0 Å². The van der Waals surface area contributed by atoms with Gasteiger partial charge in [-0.2, -0.15) is 0 Å². The van der Waals surface area contributed by atoms with E-state index in [9.17, 15) is 9.90 Å². The molecule has 0 saturated carbocycles. The molecule has 0 fully saturated rings. The molecule has 0 atom stereocenters. The Hall–Kier alpha value is -1.83. The van der Waals surface area contributed by atoms with Gasteiger partial charge in [0.2, 0.25) is 0 Å². The molecule has 22 heavy (non-hydrogen) atoms. The van der Waals surface area contributed by atoms with Crippen LogP contribution < -0.4 is 0 Å². The highest BCUT2D eigenvalue weighted by molar-refractivity contribution is 6.07. The summed E-state index contributed by atoms with van der Waals surface area (Å²) in [6, 6.07) is 7.94. The number of carbonyl (C=O) groups is 1. The molecule has 0 heterocycles. The first-order valence-electron chi connectivity index (χ1n) is 8.09. The number of hydrogen-bond donors (Lipinski definition) is 1. The lowest BCUT2D eigenvalue weighted by molar-refractivity contribution is 0.0697. The molecule has 2 aromatic rings. The molecule has 0 spiro atoms. The molecule has 0 aromatic heterocycles. The van der Waals surface area contributed by atoms with Gasteiger partial charge in [-0.3, -0.25) is 0 Å². The van der Waals surface area contributed by atoms with Crippen LogP contribution in [0, 0.1) is 0 Å². The van der Waals surface area contributed by atoms with Crippen molar-refractivity contribution in [2.75, 3.05) is 0 Å². The van der Waals surface area contributed by atoms with Crippen LogP contribution in [0.15, 0.2) is 24.3 Å². The molecule has 0 bridgehead atoms. The summed E-state index contributed by atoms with van der Waals surface area (Å²) < 4.78 is 0. The zero-order valence-corrected chi connectivity index (χ0v) is 14.4. The Morgan fingerprint density at radius 3 is 1.64 bits per heavy atom. The van der Waals surface area contributed by atoms with Crippen molar-refractivity contribution in [3.05, 3.63) is 46.5 Å². The number of hydrogen-bond acceptors (Lipinski definition) is 1. The quantitative estimate of drug-likeness (QED) is 0.762. The van der Waals surface area contributed by atoms with Gasteiger partial charge in [0.25, 0.3) is 0 Å². The van der Waals surface area contributed by atoms with Gasteiger partial charge in [0, 0.05) is 0 Å². The van der Waals surface area contributed by atoms with Crippen molar-refractivity contribution in [1.29, 1.82) is 0 Å². The van der Waals surface area contributed by atoms with Gasteiger partial charge >= 0.3 is 5.97 Å². The molecule has 118 valence electrons. The molecule has 2 aromatic carbocycles. The maximum absolute atomic E-state index is 12.0. The Balaban J connectivity index is 3.13. The Kier molecular flexibility index (Phi) is 4.60. The summed E-state index contributed by atoms with van der Waals surface area (Å²) in [5, 5.41) is 11.8. The highest BCUT2D eigenvalue weighted by atomic mass is 16.4. The Morgan fingerprint density at radius 1 is 0.773 bits per heavy atom. The second-order valence-electron chi connectivity index (χ2n) is 6.93. The SMILES string of the molecule is CC(C)c1c(C(C)C)c(C(C)C)c2ccccc2c1C(=O)O. The molecule has 0 aliphatic heterocycles. The van der Waals surface area contributed by atoms with Crippen molar-refractivity contribution >= 4 is 16.7 Å². The number of carboxylic acids is 1. The van der Waals surface area contributed by atoms with Crippen molar-refractivity contribution in [1.82, 2.24) is 0 Å². The van der Waals surface area contributed by atoms with Crippen molar-refractivity contribution < 1.29 is 9.90 Å². The van der Waals surface area contributed by atoms with Crippen molar-refractivity contribution in [3.63, 3.8) is 0 Å². The van der Waals surface area contributed by atoms with E-state index in [1.807, 2.05) is 18.2 Å². The fraction of sp³-hybridized carbons (Fsp3) is 0.450. The Bertz CT molecular complexity index is 709. The van der Waals surface area contributed by atoms with E-state index in [1.54, 1.807) is 0 Å². The van der Waals surface area contributed by atoms with Gasteiger partial charge in [-0.1, -0.05) is 65.8 Å². The van der Waals surface area contributed by atoms with E-state index in [4.69, 9.17) is 0 Å². The summed E-state index contributed by atoms with van der Waals surface area (Å²) in [6.45, 7) is 12.9. The van der Waals surface area contributed by atoms with E-state index < -0.39 is 5.97 Å². The van der Waals surface area contributed by atoms with Gasteiger partial charge in [-0.05, 0) is 45.2 Å². The Morgan fingerprint density at radius 2 is 1.23 bits per heavy atom. The molecule has 0 unspecified atom stereocenters. The molecular formula is C20H26O2. The normalized spacial score (nSPS) is 11.9. The maximum atomic E-state index is 12.0. The zero-order chi connectivity index (χ0) is 16.6. The van der Waals surface area contributed by atoms with Crippen LogP contribution in [0.1, 0.15) is 86.3 Å². The smallest absolute Gasteiger partial charge is 0.336 e. The third-order valence-corrected chi connectivity index (χ3v) is 4.28. The standard InChI is InChI=1S/C20H26O2/c1-11(2)16-14-9-7-8-10-15(14)19(20(21)22)18(13(5)6)17(16)12(3)4/h7-13H,1-6H3,(H,21,22). The van der Waals surface area contributed by atoms with Gasteiger partial charge in [-0.15, -0.1) is 0 Å². The molecule has 2 heteroatoms. The van der Waals surface area contributed by atoms with E-state index in [0.29, 0.717) is 17.4 Å². The van der Waals surface area contributed by atoms with E-state index in [2.05, 4.69) is 47.6 Å². The van der Waals surface area contributed by atoms with E-state index in [-0.39, 0.29) is 5.92 Å². The minimum absolute atomic E-state index is 0.186. The number of fused-ring (bicyclic) bond motifs is 1. The maximum Gasteiger partial charge on any atom is 0.336 e.